The van der Waals surface area contributed by atoms with Crippen molar-refractivity contribution in [2.75, 3.05) is 6.54 Å². The molecule has 0 bridgehead atoms. The Kier molecular flexibility index (Phi) is 6.27. The van der Waals surface area contributed by atoms with Crippen LogP contribution in [-0.4, -0.2) is 23.3 Å². The van der Waals surface area contributed by atoms with Crippen LogP contribution >= 0.6 is 11.3 Å². The maximum Gasteiger partial charge on any atom is 0.286 e. The van der Waals surface area contributed by atoms with Gasteiger partial charge in [0.15, 0.2) is 5.76 Å². The van der Waals surface area contributed by atoms with E-state index in [4.69, 9.17) is 8.83 Å². The molecular formula is C19H20N2O4S. The zero-order chi connectivity index (χ0) is 18.2. The molecule has 0 spiro atoms. The quantitative estimate of drug-likeness (QED) is 0.582. The Balaban J connectivity index is 1.49. The first-order valence-electron chi connectivity index (χ1n) is 8.36. The Morgan fingerprint density at radius 2 is 1.88 bits per heavy atom. The van der Waals surface area contributed by atoms with Gasteiger partial charge >= 0.3 is 0 Å². The average Bonchev–Trinajstić information content (AvgIpc) is 3.41. The van der Waals surface area contributed by atoms with E-state index in [2.05, 4.69) is 5.32 Å². The van der Waals surface area contributed by atoms with E-state index in [-0.39, 0.29) is 17.6 Å². The summed E-state index contributed by atoms with van der Waals surface area (Å²) in [5.41, 5.74) is 0. The first-order chi connectivity index (χ1) is 12.7. The molecule has 0 aliphatic carbocycles. The third kappa shape index (κ3) is 5.10. The highest BCUT2D eigenvalue weighted by Crippen LogP contribution is 2.16. The van der Waals surface area contributed by atoms with Crippen LogP contribution in [0.1, 0.15) is 34.0 Å². The van der Waals surface area contributed by atoms with E-state index in [1.807, 2.05) is 29.6 Å². The molecule has 0 aliphatic rings. The van der Waals surface area contributed by atoms with E-state index in [0.29, 0.717) is 32.5 Å². The highest BCUT2D eigenvalue weighted by molar-refractivity contribution is 7.09. The maximum absolute atomic E-state index is 12.6. The minimum absolute atomic E-state index is 0.0297. The van der Waals surface area contributed by atoms with Gasteiger partial charge in [0.2, 0.25) is 5.91 Å². The molecule has 0 aliphatic heterocycles. The lowest BCUT2D eigenvalue weighted by atomic mass is 10.2. The summed E-state index contributed by atoms with van der Waals surface area (Å²) >= 11 is 1.62. The second kappa shape index (κ2) is 9.05. The van der Waals surface area contributed by atoms with Gasteiger partial charge in [0.25, 0.3) is 5.91 Å². The van der Waals surface area contributed by atoms with E-state index in [1.165, 1.54) is 6.26 Å². The third-order valence-electron chi connectivity index (χ3n) is 3.80. The van der Waals surface area contributed by atoms with Gasteiger partial charge < -0.3 is 19.1 Å². The zero-order valence-corrected chi connectivity index (χ0v) is 15.0. The summed E-state index contributed by atoms with van der Waals surface area (Å²) in [7, 11) is 0. The van der Waals surface area contributed by atoms with Crippen LogP contribution in [-0.2, 0) is 17.9 Å². The minimum Gasteiger partial charge on any atom is -0.467 e. The van der Waals surface area contributed by atoms with Crippen LogP contribution in [0.25, 0.3) is 0 Å². The average molecular weight is 372 g/mol. The van der Waals surface area contributed by atoms with Crippen molar-refractivity contribution in [3.8, 4) is 0 Å². The van der Waals surface area contributed by atoms with Crippen molar-refractivity contribution >= 4 is 23.2 Å². The maximum atomic E-state index is 12.6. The van der Waals surface area contributed by atoms with Crippen LogP contribution in [0.4, 0.5) is 0 Å². The minimum atomic E-state index is -0.270. The van der Waals surface area contributed by atoms with Gasteiger partial charge in [-0.25, -0.2) is 0 Å². The Labute approximate surface area is 155 Å². The summed E-state index contributed by atoms with van der Waals surface area (Å²) in [6, 6.07) is 10.9. The number of rotatable bonds is 9. The number of carbonyl (C=O) groups is 2. The molecule has 136 valence electrons. The largest absolute Gasteiger partial charge is 0.467 e. The highest BCUT2D eigenvalue weighted by atomic mass is 32.1. The first-order valence-corrected chi connectivity index (χ1v) is 9.24. The lowest BCUT2D eigenvalue weighted by Gasteiger charge is -2.21. The van der Waals surface area contributed by atoms with Gasteiger partial charge in [0.05, 0.1) is 25.6 Å². The number of carbonyl (C=O) groups excluding carboxylic acids is 2. The SMILES string of the molecule is O=C(NCCCC(=O)N(Cc1ccco1)Cc1cccs1)c1ccco1. The summed E-state index contributed by atoms with van der Waals surface area (Å²) in [4.78, 5) is 27.3. The Hall–Kier alpha value is -2.80. The fourth-order valence-electron chi connectivity index (χ4n) is 2.51. The molecule has 3 heterocycles. The fourth-order valence-corrected chi connectivity index (χ4v) is 3.23. The van der Waals surface area contributed by atoms with E-state index in [0.717, 1.165) is 10.6 Å². The van der Waals surface area contributed by atoms with E-state index in [1.54, 1.807) is 34.6 Å². The van der Waals surface area contributed by atoms with Gasteiger partial charge in [-0.15, -0.1) is 11.3 Å². The zero-order valence-electron chi connectivity index (χ0n) is 14.2. The molecule has 3 aromatic rings. The van der Waals surface area contributed by atoms with Gasteiger partial charge in [-0.2, -0.15) is 0 Å². The highest BCUT2D eigenvalue weighted by Gasteiger charge is 2.16. The Morgan fingerprint density at radius 3 is 2.58 bits per heavy atom. The molecule has 1 N–H and O–H groups in total. The Bertz CT molecular complexity index is 759. The number of hydrogen-bond acceptors (Lipinski definition) is 5. The van der Waals surface area contributed by atoms with Crippen LogP contribution in [0.5, 0.6) is 0 Å². The van der Waals surface area contributed by atoms with E-state index in [9.17, 15) is 9.59 Å². The molecule has 7 heteroatoms. The summed E-state index contributed by atoms with van der Waals surface area (Å²) < 4.78 is 10.4. The summed E-state index contributed by atoms with van der Waals surface area (Å²) in [5.74, 6) is 0.782. The molecule has 26 heavy (non-hydrogen) atoms. The molecule has 0 unspecified atom stereocenters. The van der Waals surface area contributed by atoms with Gasteiger partial charge in [0.1, 0.15) is 5.76 Å². The third-order valence-corrected chi connectivity index (χ3v) is 4.67. The molecule has 6 nitrogen and oxygen atoms in total. The topological polar surface area (TPSA) is 75.7 Å². The van der Waals surface area contributed by atoms with E-state index < -0.39 is 0 Å². The second-order valence-electron chi connectivity index (χ2n) is 5.75. The lowest BCUT2D eigenvalue weighted by molar-refractivity contribution is -0.132. The van der Waals surface area contributed by atoms with Crippen LogP contribution in [0, 0.1) is 0 Å². The fraction of sp³-hybridized carbons (Fsp3) is 0.263. The number of nitrogens with zero attached hydrogens (tertiary/aromatic N) is 1. The molecule has 0 radical (unpaired) electrons. The summed E-state index contributed by atoms with van der Waals surface area (Å²) in [6.07, 6.45) is 3.97. The number of hydrogen-bond donors (Lipinski definition) is 1. The molecule has 0 aromatic carbocycles. The normalized spacial score (nSPS) is 10.6. The van der Waals surface area contributed by atoms with Crippen molar-refractivity contribution < 1.29 is 18.4 Å². The van der Waals surface area contributed by atoms with Crippen molar-refractivity contribution in [2.24, 2.45) is 0 Å². The van der Waals surface area contributed by atoms with Crippen molar-refractivity contribution in [3.05, 3.63) is 70.7 Å². The molecule has 0 saturated heterocycles. The van der Waals surface area contributed by atoms with Gasteiger partial charge in [0, 0.05) is 17.8 Å². The molecule has 0 atom stereocenters. The van der Waals surface area contributed by atoms with Gasteiger partial charge in [-0.3, -0.25) is 9.59 Å². The van der Waals surface area contributed by atoms with Gasteiger partial charge in [-0.1, -0.05) is 6.07 Å². The van der Waals surface area contributed by atoms with Crippen LogP contribution in [0.3, 0.4) is 0 Å². The summed E-state index contributed by atoms with van der Waals surface area (Å²) in [6.45, 7) is 1.40. The molecule has 3 aromatic heterocycles. The molecule has 3 rings (SSSR count). The standard InChI is InChI=1S/C19H20N2O4S/c22-18(8-1-9-20-19(23)17-7-3-11-25-17)21(13-15-5-2-10-24-15)14-16-6-4-12-26-16/h2-7,10-12H,1,8-9,13-14H2,(H,20,23). The summed E-state index contributed by atoms with van der Waals surface area (Å²) in [5, 5.41) is 4.75. The Morgan fingerprint density at radius 1 is 1.04 bits per heavy atom. The molecular weight excluding hydrogens is 352 g/mol. The van der Waals surface area contributed by atoms with Crippen LogP contribution < -0.4 is 5.32 Å². The van der Waals surface area contributed by atoms with Crippen molar-refractivity contribution in [3.63, 3.8) is 0 Å². The predicted octanol–water partition coefficient (Wildman–Crippen LogP) is 3.67. The lowest BCUT2D eigenvalue weighted by Crippen LogP contribution is -2.31. The number of thiophene rings is 1. The van der Waals surface area contributed by atoms with Crippen molar-refractivity contribution in [1.82, 2.24) is 10.2 Å². The monoisotopic (exact) mass is 372 g/mol. The smallest absolute Gasteiger partial charge is 0.286 e. The van der Waals surface area contributed by atoms with Crippen molar-refractivity contribution in [2.45, 2.75) is 25.9 Å². The van der Waals surface area contributed by atoms with Crippen LogP contribution in [0.2, 0.25) is 0 Å². The molecule has 2 amide bonds. The van der Waals surface area contributed by atoms with Gasteiger partial charge in [-0.05, 0) is 42.1 Å². The van der Waals surface area contributed by atoms with Crippen molar-refractivity contribution in [1.29, 1.82) is 0 Å². The molecule has 0 saturated carbocycles. The van der Waals surface area contributed by atoms with E-state index >= 15 is 0 Å². The first kappa shape index (κ1) is 18.0. The number of amides is 2. The second-order valence-corrected chi connectivity index (χ2v) is 6.78. The number of furan rings is 2. The van der Waals surface area contributed by atoms with Crippen LogP contribution in [0.15, 0.2) is 63.1 Å². The molecule has 0 fully saturated rings. The predicted molar refractivity (Wildman–Crippen MR) is 97.6 cm³/mol. The number of nitrogens with one attached hydrogen (secondary N) is 1.